The molecule has 0 aromatic rings. The van der Waals surface area contributed by atoms with Crippen molar-refractivity contribution in [3.63, 3.8) is 0 Å². The quantitative estimate of drug-likeness (QED) is 0.495. The number of hydrogen-bond donors (Lipinski definition) is 0. The van der Waals surface area contributed by atoms with E-state index in [0.29, 0.717) is 37.4 Å². The molecule has 0 N–H and O–H groups in total. The Morgan fingerprint density at radius 3 is 2.41 bits per heavy atom. The number of amides is 1. The molecule has 0 aromatic heterocycles. The van der Waals surface area contributed by atoms with Crippen LogP contribution in [-0.2, 0) is 19.5 Å². The molecular formula is C22H36ClN3O5S. The number of methoxy groups -OCH3 is 1. The van der Waals surface area contributed by atoms with Crippen molar-refractivity contribution in [1.82, 2.24) is 14.1 Å². The minimum absolute atomic E-state index is 0.00181. The van der Waals surface area contributed by atoms with Gasteiger partial charge in [0.15, 0.2) is 0 Å². The number of rotatable bonds is 9. The van der Waals surface area contributed by atoms with E-state index in [1.54, 1.807) is 32.4 Å². The van der Waals surface area contributed by atoms with Crippen LogP contribution in [0.25, 0.3) is 0 Å². The Bertz CT molecular complexity index is 825. The van der Waals surface area contributed by atoms with Gasteiger partial charge >= 0.3 is 6.09 Å². The fraction of sp³-hybridized carbons (Fsp3) is 0.682. The smallest absolute Gasteiger partial charge is 0.409 e. The van der Waals surface area contributed by atoms with Gasteiger partial charge in [0.25, 0.3) is 0 Å². The third-order valence-corrected chi connectivity index (χ3v) is 7.90. The van der Waals surface area contributed by atoms with Gasteiger partial charge in [0.05, 0.1) is 17.6 Å². The second-order valence-corrected chi connectivity index (χ2v) is 10.8. The maximum absolute atomic E-state index is 13.7. The maximum atomic E-state index is 13.7. The molecule has 32 heavy (non-hydrogen) atoms. The van der Waals surface area contributed by atoms with Crippen LogP contribution in [0.15, 0.2) is 34.2 Å². The van der Waals surface area contributed by atoms with Gasteiger partial charge in [-0.3, -0.25) is 0 Å². The molecule has 0 aromatic carbocycles. The highest BCUT2D eigenvalue weighted by Gasteiger charge is 2.39. The molecule has 1 heterocycles. The molecule has 182 valence electrons. The Labute approximate surface area is 197 Å². The lowest BCUT2D eigenvalue weighted by molar-refractivity contribution is 0.0659. The number of carbonyl (C=O) groups excluding carboxylic acids is 1. The van der Waals surface area contributed by atoms with Gasteiger partial charge in [0.2, 0.25) is 10.0 Å². The third kappa shape index (κ3) is 7.59. The lowest BCUT2D eigenvalue weighted by atomic mass is 10.1. The van der Waals surface area contributed by atoms with E-state index < -0.39 is 22.2 Å². The van der Waals surface area contributed by atoms with Crippen molar-refractivity contribution in [2.24, 2.45) is 0 Å². The molecule has 8 nitrogen and oxygen atoms in total. The Morgan fingerprint density at radius 2 is 1.78 bits per heavy atom. The first-order chi connectivity index (χ1) is 15.2. The van der Waals surface area contributed by atoms with Crippen molar-refractivity contribution in [2.45, 2.75) is 44.2 Å². The fourth-order valence-electron chi connectivity index (χ4n) is 3.81. The van der Waals surface area contributed by atoms with Gasteiger partial charge in [-0.25, -0.2) is 13.2 Å². The molecule has 2 atom stereocenters. The first-order valence-electron chi connectivity index (χ1n) is 10.9. The van der Waals surface area contributed by atoms with Crippen LogP contribution in [0.1, 0.15) is 32.1 Å². The van der Waals surface area contributed by atoms with E-state index in [9.17, 15) is 13.2 Å². The average Bonchev–Trinajstić information content (AvgIpc) is 3.09. The molecule has 1 fully saturated rings. The lowest BCUT2D eigenvalue weighted by Gasteiger charge is -2.35. The fourth-order valence-corrected chi connectivity index (χ4v) is 5.83. The van der Waals surface area contributed by atoms with Crippen molar-refractivity contribution in [3.8, 4) is 0 Å². The zero-order valence-corrected chi connectivity index (χ0v) is 21.1. The number of allylic oxidation sites excluding steroid dienone is 5. The Hall–Kier alpha value is -1.39. The number of likely N-dealkylation sites (N-methyl/N-ethyl adjacent to an activating group) is 2. The molecule has 10 heteroatoms. The van der Waals surface area contributed by atoms with Gasteiger partial charge < -0.3 is 19.3 Å². The molecule has 0 spiro atoms. The van der Waals surface area contributed by atoms with E-state index in [-0.39, 0.29) is 24.2 Å². The van der Waals surface area contributed by atoms with Gasteiger partial charge in [-0.05, 0) is 45.2 Å². The van der Waals surface area contributed by atoms with Crippen molar-refractivity contribution >= 4 is 27.7 Å². The van der Waals surface area contributed by atoms with E-state index in [1.165, 1.54) is 15.3 Å². The van der Waals surface area contributed by atoms with E-state index in [4.69, 9.17) is 21.1 Å². The monoisotopic (exact) mass is 489 g/mol. The van der Waals surface area contributed by atoms with Crippen LogP contribution in [0.5, 0.6) is 0 Å². The third-order valence-electron chi connectivity index (χ3n) is 5.60. The van der Waals surface area contributed by atoms with Crippen molar-refractivity contribution < 1.29 is 22.7 Å². The highest BCUT2D eigenvalue weighted by molar-refractivity contribution is 7.93. The zero-order chi connectivity index (χ0) is 23.7. The topological polar surface area (TPSA) is 79.4 Å². The number of hydrogen-bond acceptors (Lipinski definition) is 6. The SMILES string of the molecule is COCC1CCCCC(COC(=O)N(C)CCN(C)C)N1S(=O)(=O)C1=CC=C(Cl)CC=C1. The normalized spacial score (nSPS) is 22.7. The van der Waals surface area contributed by atoms with Gasteiger partial charge in [-0.1, -0.05) is 30.5 Å². The number of nitrogens with zero attached hydrogens (tertiary/aromatic N) is 3. The summed E-state index contributed by atoms with van der Waals surface area (Å²) in [5.74, 6) is 0. The predicted octanol–water partition coefficient (Wildman–Crippen LogP) is 3.17. The Balaban J connectivity index is 2.25. The van der Waals surface area contributed by atoms with Crippen LogP contribution >= 0.6 is 11.6 Å². The number of ether oxygens (including phenoxy) is 2. The van der Waals surface area contributed by atoms with Crippen molar-refractivity contribution in [2.75, 3.05) is 54.6 Å². The number of sulfonamides is 1. The molecule has 1 saturated heterocycles. The predicted molar refractivity (Wildman–Crippen MR) is 127 cm³/mol. The second kappa shape index (κ2) is 12.7. The van der Waals surface area contributed by atoms with E-state index >= 15 is 0 Å². The largest absolute Gasteiger partial charge is 0.448 e. The van der Waals surface area contributed by atoms with E-state index in [1.807, 2.05) is 19.0 Å². The molecule has 2 rings (SSSR count). The lowest BCUT2D eigenvalue weighted by Crippen LogP contribution is -2.50. The van der Waals surface area contributed by atoms with Gasteiger partial charge in [0, 0.05) is 44.7 Å². The molecule has 0 saturated carbocycles. The summed E-state index contributed by atoms with van der Waals surface area (Å²) >= 11 is 6.09. The highest BCUT2D eigenvalue weighted by atomic mass is 35.5. The number of carbonyl (C=O) groups is 1. The summed E-state index contributed by atoms with van der Waals surface area (Å²) in [4.78, 5) is 16.1. The van der Waals surface area contributed by atoms with Gasteiger partial charge in [0.1, 0.15) is 6.61 Å². The minimum atomic E-state index is -3.85. The highest BCUT2D eigenvalue weighted by Crippen LogP contribution is 2.31. The summed E-state index contributed by atoms with van der Waals surface area (Å²) in [6.07, 6.45) is 9.55. The van der Waals surface area contributed by atoms with Crippen LogP contribution in [0.3, 0.4) is 0 Å². The molecule has 2 unspecified atom stereocenters. The van der Waals surface area contributed by atoms with Crippen LogP contribution in [0, 0.1) is 0 Å². The van der Waals surface area contributed by atoms with Crippen molar-refractivity contribution in [3.05, 3.63) is 34.2 Å². The Kier molecular flexibility index (Phi) is 10.7. The summed E-state index contributed by atoms with van der Waals surface area (Å²) in [5, 5.41) is 0.571. The summed E-state index contributed by atoms with van der Waals surface area (Å²) in [6, 6.07) is -0.800. The molecule has 1 aliphatic carbocycles. The van der Waals surface area contributed by atoms with Gasteiger partial charge in [-0.15, -0.1) is 0 Å². The minimum Gasteiger partial charge on any atom is -0.448 e. The average molecular weight is 490 g/mol. The molecular weight excluding hydrogens is 454 g/mol. The van der Waals surface area contributed by atoms with Crippen LogP contribution in [0.2, 0.25) is 0 Å². The van der Waals surface area contributed by atoms with E-state index in [2.05, 4.69) is 0 Å². The molecule has 1 aliphatic heterocycles. The summed E-state index contributed by atoms with van der Waals surface area (Å²) in [7, 11) is 3.26. The zero-order valence-electron chi connectivity index (χ0n) is 19.5. The van der Waals surface area contributed by atoms with Crippen LogP contribution < -0.4 is 0 Å². The van der Waals surface area contributed by atoms with Crippen LogP contribution in [-0.4, -0.2) is 95.3 Å². The first-order valence-corrected chi connectivity index (χ1v) is 12.8. The van der Waals surface area contributed by atoms with Crippen LogP contribution in [0.4, 0.5) is 4.79 Å². The summed E-state index contributed by atoms with van der Waals surface area (Å²) < 4.78 is 39.9. The maximum Gasteiger partial charge on any atom is 0.409 e. The summed E-state index contributed by atoms with van der Waals surface area (Å²) in [5.41, 5.74) is 0. The number of halogens is 1. The molecule has 0 bridgehead atoms. The van der Waals surface area contributed by atoms with E-state index in [0.717, 1.165) is 12.8 Å². The van der Waals surface area contributed by atoms with Gasteiger partial charge in [-0.2, -0.15) is 4.31 Å². The Morgan fingerprint density at radius 1 is 1.12 bits per heavy atom. The second-order valence-electron chi connectivity index (χ2n) is 8.47. The van der Waals surface area contributed by atoms with Crippen molar-refractivity contribution in [1.29, 1.82) is 0 Å². The first kappa shape index (κ1) is 26.9. The summed E-state index contributed by atoms with van der Waals surface area (Å²) in [6.45, 7) is 1.51. The molecule has 1 amide bonds. The standard InChI is InChI=1S/C22H36ClN3O5S/c1-24(2)14-15-25(3)22(27)31-17-20-10-6-5-9-19(16-30-4)26(20)32(28,29)21-11-7-8-18(23)12-13-21/h7,11-13,19-20H,5-6,8-10,14-17H2,1-4H3. The molecule has 2 aliphatic rings. The molecule has 0 radical (unpaired) electrons.